The van der Waals surface area contributed by atoms with Crippen LogP contribution in [0.3, 0.4) is 0 Å². The van der Waals surface area contributed by atoms with Gasteiger partial charge in [0.05, 0.1) is 6.10 Å². The van der Waals surface area contributed by atoms with Gasteiger partial charge in [-0.1, -0.05) is 39.7 Å². The van der Waals surface area contributed by atoms with Gasteiger partial charge in [-0.3, -0.25) is 0 Å². The molecular formula is C15H12BrClO2. The fraction of sp³-hybridized carbons (Fsp3) is 0.200. The number of hydrogen-bond donors (Lipinski definition) is 1. The topological polar surface area (TPSA) is 29.5 Å². The van der Waals surface area contributed by atoms with Gasteiger partial charge < -0.3 is 9.84 Å². The molecule has 0 saturated carbocycles. The maximum absolute atomic E-state index is 10.2. The first-order valence-electron chi connectivity index (χ1n) is 6.03. The van der Waals surface area contributed by atoms with Crippen molar-refractivity contribution in [3.8, 4) is 5.75 Å². The number of fused-ring (bicyclic) bond motifs is 1. The van der Waals surface area contributed by atoms with E-state index in [-0.39, 0.29) is 6.10 Å². The molecule has 98 valence electrons. The Bertz CT molecular complexity index is 615. The average molecular weight is 340 g/mol. The second-order valence-electron chi connectivity index (χ2n) is 4.60. The van der Waals surface area contributed by atoms with Crippen molar-refractivity contribution in [2.24, 2.45) is 0 Å². The summed E-state index contributed by atoms with van der Waals surface area (Å²) in [5.41, 5.74) is 1.81. The third-order valence-electron chi connectivity index (χ3n) is 3.26. The Labute approximate surface area is 125 Å². The second-order valence-corrected chi connectivity index (χ2v) is 5.95. The summed E-state index contributed by atoms with van der Waals surface area (Å²) >= 11 is 9.39. The fourth-order valence-corrected chi connectivity index (χ4v) is 2.93. The Morgan fingerprint density at radius 3 is 2.84 bits per heavy atom. The predicted molar refractivity (Wildman–Crippen MR) is 78.5 cm³/mol. The van der Waals surface area contributed by atoms with E-state index >= 15 is 0 Å². The normalized spacial score (nSPS) is 21.6. The van der Waals surface area contributed by atoms with Crippen LogP contribution in [-0.2, 0) is 0 Å². The molecule has 0 amide bonds. The van der Waals surface area contributed by atoms with Crippen molar-refractivity contribution in [2.45, 2.75) is 18.6 Å². The van der Waals surface area contributed by atoms with Crippen molar-refractivity contribution in [3.63, 3.8) is 0 Å². The summed E-state index contributed by atoms with van der Waals surface area (Å²) in [5, 5.41) is 10.8. The SMILES string of the molecule is O[C@H]1CC(c2cccc(Br)c2)Oc2ccc(Cl)cc21. The first-order chi connectivity index (χ1) is 9.13. The molecule has 1 aliphatic rings. The molecule has 1 aliphatic heterocycles. The molecular weight excluding hydrogens is 328 g/mol. The summed E-state index contributed by atoms with van der Waals surface area (Å²) in [7, 11) is 0. The number of aliphatic hydroxyl groups is 1. The van der Waals surface area contributed by atoms with E-state index in [1.54, 1.807) is 12.1 Å². The lowest BCUT2D eigenvalue weighted by Gasteiger charge is -2.30. The molecule has 0 spiro atoms. The lowest BCUT2D eigenvalue weighted by molar-refractivity contribution is 0.0657. The summed E-state index contributed by atoms with van der Waals surface area (Å²) < 4.78 is 6.96. The van der Waals surface area contributed by atoms with E-state index in [2.05, 4.69) is 15.9 Å². The molecule has 0 aromatic heterocycles. The Kier molecular flexibility index (Phi) is 3.52. The molecule has 2 nitrogen and oxygen atoms in total. The first-order valence-corrected chi connectivity index (χ1v) is 7.20. The van der Waals surface area contributed by atoms with Crippen molar-refractivity contribution in [2.75, 3.05) is 0 Å². The zero-order chi connectivity index (χ0) is 13.4. The van der Waals surface area contributed by atoms with E-state index in [9.17, 15) is 5.11 Å². The standard InChI is InChI=1S/C15H12BrClO2/c16-10-3-1-2-9(6-10)15-8-13(18)12-7-11(17)4-5-14(12)19-15/h1-7,13,15,18H,8H2/t13-,15?/m0/s1. The maximum atomic E-state index is 10.2. The summed E-state index contributed by atoms with van der Waals surface area (Å²) in [6.07, 6.45) is -0.156. The second kappa shape index (κ2) is 5.16. The van der Waals surface area contributed by atoms with Crippen LogP contribution in [0.4, 0.5) is 0 Å². The van der Waals surface area contributed by atoms with Crippen molar-refractivity contribution >= 4 is 27.5 Å². The van der Waals surface area contributed by atoms with E-state index in [4.69, 9.17) is 16.3 Å². The van der Waals surface area contributed by atoms with E-state index in [1.165, 1.54) is 0 Å². The van der Waals surface area contributed by atoms with Crippen LogP contribution in [0.15, 0.2) is 46.9 Å². The third kappa shape index (κ3) is 2.64. The third-order valence-corrected chi connectivity index (χ3v) is 3.99. The zero-order valence-electron chi connectivity index (χ0n) is 10.0. The van der Waals surface area contributed by atoms with Crippen LogP contribution in [-0.4, -0.2) is 5.11 Å². The minimum atomic E-state index is -0.550. The average Bonchev–Trinajstić information content (AvgIpc) is 2.39. The van der Waals surface area contributed by atoms with Crippen LogP contribution < -0.4 is 4.74 Å². The van der Waals surface area contributed by atoms with Gasteiger partial charge in [0.1, 0.15) is 11.9 Å². The molecule has 0 radical (unpaired) electrons. The molecule has 2 aromatic rings. The minimum Gasteiger partial charge on any atom is -0.485 e. The molecule has 1 heterocycles. The van der Waals surface area contributed by atoms with Crippen LogP contribution in [0.2, 0.25) is 5.02 Å². The highest BCUT2D eigenvalue weighted by molar-refractivity contribution is 9.10. The van der Waals surface area contributed by atoms with Gasteiger partial charge in [-0.15, -0.1) is 0 Å². The Morgan fingerprint density at radius 2 is 2.05 bits per heavy atom. The summed E-state index contributed by atoms with van der Waals surface area (Å²) in [6.45, 7) is 0. The number of aliphatic hydroxyl groups excluding tert-OH is 1. The molecule has 4 heteroatoms. The van der Waals surface area contributed by atoms with Crippen LogP contribution >= 0.6 is 27.5 Å². The monoisotopic (exact) mass is 338 g/mol. The number of ether oxygens (including phenoxy) is 1. The molecule has 0 saturated heterocycles. The summed E-state index contributed by atoms with van der Waals surface area (Å²) in [4.78, 5) is 0. The van der Waals surface area contributed by atoms with Crippen molar-refractivity contribution in [1.82, 2.24) is 0 Å². The molecule has 2 aromatic carbocycles. The fourth-order valence-electron chi connectivity index (χ4n) is 2.33. The molecule has 0 aliphatic carbocycles. The van der Waals surface area contributed by atoms with Gasteiger partial charge in [0, 0.05) is 21.5 Å². The van der Waals surface area contributed by atoms with Crippen molar-refractivity contribution in [3.05, 3.63) is 63.1 Å². The lowest BCUT2D eigenvalue weighted by atomic mass is 9.95. The van der Waals surface area contributed by atoms with Crippen LogP contribution in [0.25, 0.3) is 0 Å². The van der Waals surface area contributed by atoms with Gasteiger partial charge in [-0.25, -0.2) is 0 Å². The first kappa shape index (κ1) is 13.0. The van der Waals surface area contributed by atoms with Crippen LogP contribution in [0.1, 0.15) is 29.8 Å². The zero-order valence-corrected chi connectivity index (χ0v) is 12.4. The number of rotatable bonds is 1. The molecule has 1 unspecified atom stereocenters. The summed E-state index contributed by atoms with van der Waals surface area (Å²) in [6, 6.07) is 13.3. The highest BCUT2D eigenvalue weighted by atomic mass is 79.9. The molecule has 0 bridgehead atoms. The Balaban J connectivity index is 1.95. The number of halogens is 2. The van der Waals surface area contributed by atoms with Crippen LogP contribution in [0, 0.1) is 0 Å². The predicted octanol–water partition coefficient (Wildman–Crippen LogP) is 4.66. The smallest absolute Gasteiger partial charge is 0.127 e. The quantitative estimate of drug-likeness (QED) is 0.819. The number of hydrogen-bond acceptors (Lipinski definition) is 2. The van der Waals surface area contributed by atoms with Gasteiger partial charge in [-0.2, -0.15) is 0 Å². The van der Waals surface area contributed by atoms with Gasteiger partial charge >= 0.3 is 0 Å². The Hall–Kier alpha value is -1.03. The van der Waals surface area contributed by atoms with Gasteiger partial charge in [0.25, 0.3) is 0 Å². The lowest BCUT2D eigenvalue weighted by Crippen LogP contribution is -2.19. The van der Waals surface area contributed by atoms with E-state index in [0.29, 0.717) is 17.2 Å². The minimum absolute atomic E-state index is 0.138. The van der Waals surface area contributed by atoms with Gasteiger partial charge in [0.15, 0.2) is 0 Å². The molecule has 1 N–H and O–H groups in total. The van der Waals surface area contributed by atoms with Crippen molar-refractivity contribution in [1.29, 1.82) is 0 Å². The number of benzene rings is 2. The highest BCUT2D eigenvalue weighted by Crippen LogP contribution is 2.41. The van der Waals surface area contributed by atoms with Crippen molar-refractivity contribution < 1.29 is 9.84 Å². The Morgan fingerprint density at radius 1 is 1.21 bits per heavy atom. The highest BCUT2D eigenvalue weighted by Gasteiger charge is 2.28. The molecule has 2 atom stereocenters. The van der Waals surface area contributed by atoms with E-state index in [1.807, 2.05) is 30.3 Å². The van der Waals surface area contributed by atoms with Crippen LogP contribution in [0.5, 0.6) is 5.75 Å². The molecule has 19 heavy (non-hydrogen) atoms. The van der Waals surface area contributed by atoms with Gasteiger partial charge in [-0.05, 0) is 35.9 Å². The van der Waals surface area contributed by atoms with E-state index < -0.39 is 6.10 Å². The van der Waals surface area contributed by atoms with Gasteiger partial charge in [0.2, 0.25) is 0 Å². The summed E-state index contributed by atoms with van der Waals surface area (Å²) in [5.74, 6) is 0.702. The maximum Gasteiger partial charge on any atom is 0.127 e. The largest absolute Gasteiger partial charge is 0.485 e. The van der Waals surface area contributed by atoms with E-state index in [0.717, 1.165) is 15.6 Å². The molecule has 0 fully saturated rings. The molecule has 3 rings (SSSR count).